The molecule has 0 radical (unpaired) electrons. The molecule has 0 aliphatic heterocycles. The number of pyridine rings is 1. The van der Waals surface area contributed by atoms with E-state index in [-0.39, 0.29) is 11.6 Å². The molecule has 0 aliphatic rings. The number of hydrogen-bond donors (Lipinski definition) is 2. The fourth-order valence-corrected chi connectivity index (χ4v) is 1.66. The highest BCUT2D eigenvalue weighted by molar-refractivity contribution is 5.88. The molecule has 2 N–H and O–H groups in total. The smallest absolute Gasteiger partial charge is 0.339 e. The van der Waals surface area contributed by atoms with Gasteiger partial charge in [-0.25, -0.2) is 14.8 Å². The van der Waals surface area contributed by atoms with Gasteiger partial charge in [-0.3, -0.25) is 4.98 Å². The molecule has 2 aromatic heterocycles. The molecular weight excluding hydrogens is 244 g/mol. The zero-order chi connectivity index (χ0) is 13.7. The number of hydrogen-bond acceptors (Lipinski definition) is 5. The summed E-state index contributed by atoms with van der Waals surface area (Å²) >= 11 is 0. The van der Waals surface area contributed by atoms with Crippen molar-refractivity contribution >= 4 is 5.97 Å². The molecule has 0 amide bonds. The minimum atomic E-state index is -1.03. The predicted molar refractivity (Wildman–Crippen MR) is 68.5 cm³/mol. The monoisotopic (exact) mass is 258 g/mol. The van der Waals surface area contributed by atoms with Crippen LogP contribution < -0.4 is 5.32 Å². The Labute approximate surface area is 110 Å². The fraction of sp³-hybridized carbons (Fsp3) is 0.231. The first kappa shape index (κ1) is 13.1. The van der Waals surface area contributed by atoms with Crippen molar-refractivity contribution in [3.8, 4) is 0 Å². The van der Waals surface area contributed by atoms with Crippen molar-refractivity contribution in [3.05, 3.63) is 53.9 Å². The number of nitrogens with one attached hydrogen (secondary N) is 1. The van der Waals surface area contributed by atoms with Gasteiger partial charge in [0.2, 0.25) is 0 Å². The second kappa shape index (κ2) is 6.01. The van der Waals surface area contributed by atoms with Crippen LogP contribution in [0.25, 0.3) is 0 Å². The van der Waals surface area contributed by atoms with Crippen molar-refractivity contribution < 1.29 is 9.90 Å². The normalized spacial score (nSPS) is 12.1. The summed E-state index contributed by atoms with van der Waals surface area (Å²) in [6.07, 6.45) is 4.37. The van der Waals surface area contributed by atoms with Crippen LogP contribution in [0, 0.1) is 0 Å². The number of carboxylic acids is 1. The number of carbonyl (C=O) groups is 1. The quantitative estimate of drug-likeness (QED) is 0.843. The molecule has 2 heterocycles. The lowest BCUT2D eigenvalue weighted by molar-refractivity contribution is 0.0694. The van der Waals surface area contributed by atoms with Gasteiger partial charge in [0.25, 0.3) is 0 Å². The first-order chi connectivity index (χ1) is 9.18. The van der Waals surface area contributed by atoms with Crippen LogP contribution in [-0.2, 0) is 6.54 Å². The van der Waals surface area contributed by atoms with Crippen molar-refractivity contribution in [2.24, 2.45) is 0 Å². The van der Waals surface area contributed by atoms with Gasteiger partial charge in [-0.05, 0) is 19.1 Å². The van der Waals surface area contributed by atoms with Crippen molar-refractivity contribution in [2.45, 2.75) is 19.5 Å². The molecule has 6 heteroatoms. The molecule has 2 aromatic rings. The van der Waals surface area contributed by atoms with E-state index in [1.165, 1.54) is 12.5 Å². The molecule has 0 spiro atoms. The lowest BCUT2D eigenvalue weighted by Gasteiger charge is -2.13. The predicted octanol–water partition coefficient (Wildman–Crippen LogP) is 1.42. The van der Waals surface area contributed by atoms with Crippen molar-refractivity contribution in [2.75, 3.05) is 0 Å². The second-order valence-electron chi connectivity index (χ2n) is 4.05. The van der Waals surface area contributed by atoms with Gasteiger partial charge in [-0.2, -0.15) is 0 Å². The van der Waals surface area contributed by atoms with Crippen LogP contribution >= 0.6 is 0 Å². The summed E-state index contributed by atoms with van der Waals surface area (Å²) in [4.78, 5) is 23.0. The van der Waals surface area contributed by atoms with E-state index in [2.05, 4.69) is 20.3 Å². The highest BCUT2D eigenvalue weighted by atomic mass is 16.4. The van der Waals surface area contributed by atoms with E-state index >= 15 is 0 Å². The Kier molecular flexibility index (Phi) is 4.15. The highest BCUT2D eigenvalue weighted by Gasteiger charge is 2.12. The van der Waals surface area contributed by atoms with Crippen LogP contribution in [0.5, 0.6) is 0 Å². The summed E-state index contributed by atoms with van der Waals surface area (Å²) in [5.74, 6) is -1.03. The minimum absolute atomic E-state index is 0.0119. The minimum Gasteiger partial charge on any atom is -0.478 e. The van der Waals surface area contributed by atoms with Crippen molar-refractivity contribution in [3.63, 3.8) is 0 Å². The molecule has 6 nitrogen and oxygen atoms in total. The average Bonchev–Trinajstić information content (AvgIpc) is 2.46. The molecule has 0 bridgehead atoms. The van der Waals surface area contributed by atoms with Gasteiger partial charge in [-0.15, -0.1) is 0 Å². The molecule has 98 valence electrons. The second-order valence-corrected chi connectivity index (χ2v) is 4.05. The number of nitrogens with zero attached hydrogens (tertiary/aromatic N) is 3. The lowest BCUT2D eigenvalue weighted by Crippen LogP contribution is -2.21. The van der Waals surface area contributed by atoms with E-state index in [0.717, 1.165) is 5.69 Å². The van der Waals surface area contributed by atoms with Crippen LogP contribution in [0.2, 0.25) is 0 Å². The van der Waals surface area contributed by atoms with Crippen LogP contribution in [0.4, 0.5) is 0 Å². The summed E-state index contributed by atoms with van der Waals surface area (Å²) in [5, 5.41) is 12.2. The Morgan fingerprint density at radius 2 is 2.26 bits per heavy atom. The van der Waals surface area contributed by atoms with E-state index < -0.39 is 5.97 Å². The van der Waals surface area contributed by atoms with Crippen molar-refractivity contribution in [1.82, 2.24) is 20.3 Å². The maximum absolute atomic E-state index is 11.0. The molecule has 0 fully saturated rings. The maximum Gasteiger partial charge on any atom is 0.339 e. The third kappa shape index (κ3) is 3.32. The molecule has 19 heavy (non-hydrogen) atoms. The number of rotatable bonds is 5. The standard InChI is InChI=1S/C13H14N4O2/c1-9(11-4-2-3-5-15-11)16-7-12-10(13(18)19)6-14-8-17-12/h2-6,8-9,16H,7H2,1H3,(H,18,19)/t9-/m0/s1. The average molecular weight is 258 g/mol. The summed E-state index contributed by atoms with van der Waals surface area (Å²) in [7, 11) is 0. The van der Waals surface area contributed by atoms with E-state index in [4.69, 9.17) is 5.11 Å². The van der Waals surface area contributed by atoms with Gasteiger partial charge in [0.15, 0.2) is 0 Å². The van der Waals surface area contributed by atoms with Gasteiger partial charge in [0.1, 0.15) is 11.9 Å². The molecule has 0 aliphatic carbocycles. The summed E-state index contributed by atoms with van der Waals surface area (Å²) < 4.78 is 0. The Morgan fingerprint density at radius 1 is 1.42 bits per heavy atom. The van der Waals surface area contributed by atoms with E-state index in [1.54, 1.807) is 6.20 Å². The number of aromatic carboxylic acids is 1. The van der Waals surface area contributed by atoms with Crippen molar-refractivity contribution in [1.29, 1.82) is 0 Å². The highest BCUT2D eigenvalue weighted by Crippen LogP contribution is 2.10. The molecule has 0 saturated heterocycles. The van der Waals surface area contributed by atoms with Crippen LogP contribution in [0.15, 0.2) is 36.9 Å². The number of carboxylic acid groups (broad SMARTS) is 1. The largest absolute Gasteiger partial charge is 0.478 e. The van der Waals surface area contributed by atoms with E-state index in [1.807, 2.05) is 25.1 Å². The Balaban J connectivity index is 2.05. The van der Waals surface area contributed by atoms with E-state index in [0.29, 0.717) is 12.2 Å². The fourth-order valence-electron chi connectivity index (χ4n) is 1.66. The topological polar surface area (TPSA) is 88.0 Å². The van der Waals surface area contributed by atoms with Crippen LogP contribution in [0.1, 0.15) is 34.7 Å². The molecular formula is C13H14N4O2. The third-order valence-electron chi connectivity index (χ3n) is 2.73. The zero-order valence-corrected chi connectivity index (χ0v) is 10.4. The molecule has 0 unspecified atom stereocenters. The third-order valence-corrected chi connectivity index (χ3v) is 2.73. The maximum atomic E-state index is 11.0. The van der Waals surface area contributed by atoms with Crippen LogP contribution in [-0.4, -0.2) is 26.0 Å². The Bertz CT molecular complexity index is 560. The summed E-state index contributed by atoms with van der Waals surface area (Å²) in [5.41, 5.74) is 1.47. The van der Waals surface area contributed by atoms with Gasteiger partial charge in [-0.1, -0.05) is 6.07 Å². The first-order valence-electron chi connectivity index (χ1n) is 5.85. The number of aromatic nitrogens is 3. The van der Waals surface area contributed by atoms with Crippen LogP contribution in [0.3, 0.4) is 0 Å². The Hall–Kier alpha value is -2.34. The van der Waals surface area contributed by atoms with Gasteiger partial charge < -0.3 is 10.4 Å². The zero-order valence-electron chi connectivity index (χ0n) is 10.4. The molecule has 0 aromatic carbocycles. The summed E-state index contributed by atoms with van der Waals surface area (Å²) in [6.45, 7) is 2.31. The first-order valence-corrected chi connectivity index (χ1v) is 5.85. The lowest BCUT2D eigenvalue weighted by atomic mass is 10.2. The molecule has 2 rings (SSSR count). The Morgan fingerprint density at radius 3 is 2.95 bits per heavy atom. The SMILES string of the molecule is C[C@H](NCc1ncncc1C(=O)O)c1ccccn1. The van der Waals surface area contributed by atoms with Gasteiger partial charge >= 0.3 is 5.97 Å². The van der Waals surface area contributed by atoms with Gasteiger partial charge in [0, 0.05) is 25.0 Å². The molecule has 1 atom stereocenters. The molecule has 0 saturated carbocycles. The van der Waals surface area contributed by atoms with E-state index in [9.17, 15) is 4.79 Å². The summed E-state index contributed by atoms with van der Waals surface area (Å²) in [6, 6.07) is 5.69. The van der Waals surface area contributed by atoms with Gasteiger partial charge in [0.05, 0.1) is 11.4 Å².